The maximum atomic E-state index is 12.8. The summed E-state index contributed by atoms with van der Waals surface area (Å²) in [5.74, 6) is -0.0522. The fourth-order valence-electron chi connectivity index (χ4n) is 3.24. The van der Waals surface area contributed by atoms with Gasteiger partial charge in [0.1, 0.15) is 5.69 Å². The number of aliphatic hydroxyl groups excluding tert-OH is 1. The molecular weight excluding hydrogens is 352 g/mol. The van der Waals surface area contributed by atoms with Gasteiger partial charge < -0.3 is 15.2 Å². The summed E-state index contributed by atoms with van der Waals surface area (Å²) in [7, 11) is 4.31. The topological polar surface area (TPSA) is 115 Å². The normalized spacial score (nSPS) is 19.9. The first-order chi connectivity index (χ1) is 12.8. The molecule has 0 radical (unpaired) electrons. The molecule has 2 aromatic rings. The van der Waals surface area contributed by atoms with Gasteiger partial charge in [-0.3, -0.25) is 18.7 Å². The summed E-state index contributed by atoms with van der Waals surface area (Å²) in [6.07, 6.45) is 2.31. The molecule has 1 saturated carbocycles. The maximum absolute atomic E-state index is 12.8. The van der Waals surface area contributed by atoms with Crippen LogP contribution in [0.4, 0.5) is 0 Å². The van der Waals surface area contributed by atoms with Gasteiger partial charge in [0.25, 0.3) is 11.5 Å². The van der Waals surface area contributed by atoms with E-state index >= 15 is 0 Å². The zero-order valence-corrected chi connectivity index (χ0v) is 15.4. The lowest BCUT2D eigenvalue weighted by Crippen LogP contribution is -2.45. The van der Waals surface area contributed by atoms with Crippen LogP contribution in [0.1, 0.15) is 34.9 Å². The van der Waals surface area contributed by atoms with Crippen molar-refractivity contribution in [2.75, 3.05) is 7.11 Å². The Morgan fingerprint density at radius 2 is 2.00 bits per heavy atom. The van der Waals surface area contributed by atoms with Crippen molar-refractivity contribution in [3.05, 3.63) is 56.5 Å². The number of aromatic nitrogens is 3. The van der Waals surface area contributed by atoms with Gasteiger partial charge in [0.2, 0.25) is 5.88 Å². The monoisotopic (exact) mass is 374 g/mol. The van der Waals surface area contributed by atoms with Crippen molar-refractivity contribution in [2.45, 2.75) is 25.0 Å². The standard InChI is InChI=1S/C18H22N4O5/c1-21-13(8-15(24)22(2)18(21)26)17(25)20-16(11-6-12(23)7-11)10-4-5-14(27-3)19-9-10/h4-5,8-9,11-12,16,23H,6-7H2,1-3H3,(H,20,25)/t11?,12?,16-/m0/s1. The van der Waals surface area contributed by atoms with Gasteiger partial charge in [-0.25, -0.2) is 9.78 Å². The molecule has 0 spiro atoms. The lowest BCUT2D eigenvalue weighted by atomic mass is 9.75. The Kier molecular flexibility index (Phi) is 5.13. The highest BCUT2D eigenvalue weighted by atomic mass is 16.5. The molecule has 2 aromatic heterocycles. The van der Waals surface area contributed by atoms with E-state index in [1.54, 1.807) is 18.3 Å². The average Bonchev–Trinajstić information content (AvgIpc) is 2.65. The van der Waals surface area contributed by atoms with E-state index in [9.17, 15) is 19.5 Å². The summed E-state index contributed by atoms with van der Waals surface area (Å²) in [5.41, 5.74) is -0.385. The van der Waals surface area contributed by atoms with E-state index < -0.39 is 29.3 Å². The van der Waals surface area contributed by atoms with Crippen LogP contribution in [0.25, 0.3) is 0 Å². The van der Waals surface area contributed by atoms with Crippen molar-refractivity contribution in [3.63, 3.8) is 0 Å². The van der Waals surface area contributed by atoms with Crippen LogP contribution in [0, 0.1) is 5.92 Å². The van der Waals surface area contributed by atoms with Crippen molar-refractivity contribution < 1.29 is 14.6 Å². The van der Waals surface area contributed by atoms with Crippen LogP contribution < -0.4 is 21.3 Å². The summed E-state index contributed by atoms with van der Waals surface area (Å²) in [5, 5.41) is 12.5. The lowest BCUT2D eigenvalue weighted by Gasteiger charge is -2.38. The third-order valence-electron chi connectivity index (χ3n) is 4.99. The Morgan fingerprint density at radius 1 is 1.30 bits per heavy atom. The minimum atomic E-state index is -0.575. The van der Waals surface area contributed by atoms with Crippen molar-refractivity contribution in [2.24, 2.45) is 20.0 Å². The van der Waals surface area contributed by atoms with Gasteiger partial charge in [-0.15, -0.1) is 0 Å². The van der Waals surface area contributed by atoms with E-state index in [2.05, 4.69) is 10.3 Å². The van der Waals surface area contributed by atoms with E-state index in [0.29, 0.717) is 18.7 Å². The third-order valence-corrected chi connectivity index (χ3v) is 4.99. The molecule has 1 aliphatic carbocycles. The molecule has 144 valence electrons. The smallest absolute Gasteiger partial charge is 0.331 e. The number of hydrogen-bond donors (Lipinski definition) is 2. The molecule has 0 aromatic carbocycles. The molecule has 2 heterocycles. The predicted octanol–water partition coefficient (Wildman–Crippen LogP) is -0.270. The number of amides is 1. The minimum absolute atomic E-state index is 0.0190. The van der Waals surface area contributed by atoms with E-state index in [1.807, 2.05) is 0 Å². The number of pyridine rings is 1. The number of aliphatic hydroxyl groups is 1. The first-order valence-electron chi connectivity index (χ1n) is 8.57. The Morgan fingerprint density at radius 3 is 2.56 bits per heavy atom. The third kappa shape index (κ3) is 3.63. The molecular formula is C18H22N4O5. The second-order valence-electron chi connectivity index (χ2n) is 6.74. The van der Waals surface area contributed by atoms with Gasteiger partial charge >= 0.3 is 5.69 Å². The second kappa shape index (κ2) is 7.36. The first-order valence-corrected chi connectivity index (χ1v) is 8.57. The van der Waals surface area contributed by atoms with Gasteiger partial charge in [0.05, 0.1) is 19.3 Å². The Bertz CT molecular complexity index is 957. The number of methoxy groups -OCH3 is 1. The van der Waals surface area contributed by atoms with Crippen LogP contribution in [0.5, 0.6) is 5.88 Å². The highest BCUT2D eigenvalue weighted by molar-refractivity contribution is 5.92. The lowest BCUT2D eigenvalue weighted by molar-refractivity contribution is 0.0233. The van der Waals surface area contributed by atoms with E-state index in [0.717, 1.165) is 20.8 Å². The van der Waals surface area contributed by atoms with Crippen molar-refractivity contribution in [1.29, 1.82) is 0 Å². The molecule has 9 heteroatoms. The molecule has 3 rings (SSSR count). The van der Waals surface area contributed by atoms with Crippen LogP contribution in [0.2, 0.25) is 0 Å². The fourth-order valence-corrected chi connectivity index (χ4v) is 3.24. The summed E-state index contributed by atoms with van der Waals surface area (Å²) in [6.45, 7) is 0. The van der Waals surface area contributed by atoms with Gasteiger partial charge in [0, 0.05) is 32.4 Å². The second-order valence-corrected chi connectivity index (χ2v) is 6.74. The largest absolute Gasteiger partial charge is 0.481 e. The Balaban J connectivity index is 1.91. The zero-order chi connectivity index (χ0) is 19.7. The quantitative estimate of drug-likeness (QED) is 0.744. The molecule has 0 saturated heterocycles. The molecule has 1 atom stereocenters. The van der Waals surface area contributed by atoms with Gasteiger partial charge in [-0.05, 0) is 24.3 Å². The summed E-state index contributed by atoms with van der Waals surface area (Å²) in [6, 6.07) is 4.22. The highest BCUT2D eigenvalue weighted by Gasteiger charge is 2.36. The molecule has 1 fully saturated rings. The average molecular weight is 374 g/mol. The Hall–Kier alpha value is -2.94. The molecule has 1 aliphatic rings. The van der Waals surface area contributed by atoms with Crippen molar-refractivity contribution in [1.82, 2.24) is 19.4 Å². The fraction of sp³-hybridized carbons (Fsp3) is 0.444. The maximum Gasteiger partial charge on any atom is 0.331 e. The van der Waals surface area contributed by atoms with Crippen LogP contribution in [-0.2, 0) is 14.1 Å². The van der Waals surface area contributed by atoms with E-state index in [-0.39, 0.29) is 11.6 Å². The number of nitrogens with zero attached hydrogens (tertiary/aromatic N) is 3. The minimum Gasteiger partial charge on any atom is -0.481 e. The number of carbonyl (C=O) groups is 1. The molecule has 0 unspecified atom stereocenters. The van der Waals surface area contributed by atoms with Crippen molar-refractivity contribution >= 4 is 5.91 Å². The molecule has 9 nitrogen and oxygen atoms in total. The first kappa shape index (κ1) is 18.8. The molecule has 0 bridgehead atoms. The van der Waals surface area contributed by atoms with Gasteiger partial charge in [-0.1, -0.05) is 6.07 Å². The number of carbonyl (C=O) groups excluding carboxylic acids is 1. The Labute approximate surface area is 155 Å². The number of ether oxygens (including phenoxy) is 1. The number of nitrogens with one attached hydrogen (secondary N) is 1. The highest BCUT2D eigenvalue weighted by Crippen LogP contribution is 2.38. The summed E-state index contributed by atoms with van der Waals surface area (Å²) in [4.78, 5) is 40.9. The SMILES string of the molecule is COc1ccc([C@H](NC(=O)c2cc(=O)n(C)c(=O)n2C)C2CC(O)C2)cn1. The van der Waals surface area contributed by atoms with Crippen molar-refractivity contribution in [3.8, 4) is 5.88 Å². The van der Waals surface area contributed by atoms with Crippen LogP contribution in [0.15, 0.2) is 34.0 Å². The number of rotatable bonds is 5. The molecule has 27 heavy (non-hydrogen) atoms. The molecule has 0 aliphatic heterocycles. The molecule has 2 N–H and O–H groups in total. The van der Waals surface area contributed by atoms with Crippen LogP contribution in [-0.4, -0.2) is 38.3 Å². The summed E-state index contributed by atoms with van der Waals surface area (Å²) >= 11 is 0. The van der Waals surface area contributed by atoms with Crippen LogP contribution >= 0.6 is 0 Å². The van der Waals surface area contributed by atoms with Crippen LogP contribution in [0.3, 0.4) is 0 Å². The van der Waals surface area contributed by atoms with Gasteiger partial charge in [0.15, 0.2) is 0 Å². The molecule has 1 amide bonds. The predicted molar refractivity (Wildman–Crippen MR) is 96.7 cm³/mol. The zero-order valence-electron chi connectivity index (χ0n) is 15.4. The van der Waals surface area contributed by atoms with E-state index in [1.165, 1.54) is 21.2 Å². The van der Waals surface area contributed by atoms with E-state index in [4.69, 9.17) is 4.74 Å². The number of hydrogen-bond acceptors (Lipinski definition) is 6. The van der Waals surface area contributed by atoms with Gasteiger partial charge in [-0.2, -0.15) is 0 Å². The summed E-state index contributed by atoms with van der Waals surface area (Å²) < 4.78 is 7.13.